The fourth-order valence-corrected chi connectivity index (χ4v) is 1.99. The van der Waals surface area contributed by atoms with Crippen LogP contribution in [0, 0.1) is 11.8 Å². The standard InChI is InChI=1S/C10H14/c1-2-5-10-7-3-6-9(4-1)8-10/h1-3,6,9-10H,4-5,7-8H2. The molecule has 0 aliphatic heterocycles. The van der Waals surface area contributed by atoms with E-state index in [1.165, 1.54) is 25.7 Å². The molecule has 0 spiro atoms. The predicted molar refractivity (Wildman–Crippen MR) is 43.7 cm³/mol. The van der Waals surface area contributed by atoms with Crippen molar-refractivity contribution in [3.63, 3.8) is 0 Å². The summed E-state index contributed by atoms with van der Waals surface area (Å²) in [4.78, 5) is 0. The quantitative estimate of drug-likeness (QED) is 0.447. The third-order valence-electron chi connectivity index (χ3n) is 2.59. The summed E-state index contributed by atoms with van der Waals surface area (Å²) in [6.07, 6.45) is 14.8. The third-order valence-corrected chi connectivity index (χ3v) is 2.59. The van der Waals surface area contributed by atoms with Crippen molar-refractivity contribution >= 4 is 0 Å². The summed E-state index contributed by atoms with van der Waals surface area (Å²) >= 11 is 0. The second-order valence-electron chi connectivity index (χ2n) is 3.47. The molecule has 0 heterocycles. The van der Waals surface area contributed by atoms with Crippen LogP contribution in [0.5, 0.6) is 0 Å². The molecule has 0 fully saturated rings. The van der Waals surface area contributed by atoms with Crippen molar-refractivity contribution in [2.45, 2.75) is 25.7 Å². The summed E-state index contributed by atoms with van der Waals surface area (Å²) in [5.41, 5.74) is 0. The van der Waals surface area contributed by atoms with Gasteiger partial charge in [-0.15, -0.1) is 0 Å². The van der Waals surface area contributed by atoms with Crippen LogP contribution in [0.1, 0.15) is 25.7 Å². The van der Waals surface area contributed by atoms with Gasteiger partial charge in [-0.1, -0.05) is 24.3 Å². The van der Waals surface area contributed by atoms with Crippen LogP contribution in [0.4, 0.5) is 0 Å². The summed E-state index contributed by atoms with van der Waals surface area (Å²) in [6.45, 7) is 0. The average molecular weight is 134 g/mol. The lowest BCUT2D eigenvalue weighted by Crippen LogP contribution is -2.07. The van der Waals surface area contributed by atoms with Gasteiger partial charge in [0.15, 0.2) is 0 Å². The van der Waals surface area contributed by atoms with Crippen molar-refractivity contribution in [3.8, 4) is 0 Å². The molecule has 0 heteroatoms. The van der Waals surface area contributed by atoms with E-state index >= 15 is 0 Å². The predicted octanol–water partition coefficient (Wildman–Crippen LogP) is 2.92. The molecule has 54 valence electrons. The molecule has 0 nitrogen and oxygen atoms in total. The van der Waals surface area contributed by atoms with Crippen LogP contribution >= 0.6 is 0 Å². The number of hydrogen-bond acceptors (Lipinski definition) is 0. The van der Waals surface area contributed by atoms with E-state index in [4.69, 9.17) is 0 Å². The van der Waals surface area contributed by atoms with Gasteiger partial charge in [0.25, 0.3) is 0 Å². The van der Waals surface area contributed by atoms with Crippen LogP contribution in [-0.2, 0) is 0 Å². The van der Waals surface area contributed by atoms with Gasteiger partial charge in [-0.05, 0) is 37.5 Å². The van der Waals surface area contributed by atoms with Crippen LogP contribution < -0.4 is 0 Å². The summed E-state index contributed by atoms with van der Waals surface area (Å²) < 4.78 is 0. The SMILES string of the molecule is C1=CCC2CC=CC(C1)C2. The molecule has 0 aromatic heterocycles. The smallest absolute Gasteiger partial charge is 0.0196 e. The maximum Gasteiger partial charge on any atom is -0.0196 e. The normalized spacial score (nSPS) is 37.6. The van der Waals surface area contributed by atoms with Crippen LogP contribution in [0.2, 0.25) is 0 Å². The molecule has 0 amide bonds. The maximum atomic E-state index is 2.40. The molecule has 2 unspecified atom stereocenters. The number of hydrogen-bond donors (Lipinski definition) is 0. The lowest BCUT2D eigenvalue weighted by atomic mass is 9.85. The number of fused-ring (bicyclic) bond motifs is 2. The topological polar surface area (TPSA) is 0 Å². The highest BCUT2D eigenvalue weighted by Gasteiger charge is 2.17. The summed E-state index contributed by atoms with van der Waals surface area (Å²) in [7, 11) is 0. The number of rotatable bonds is 0. The lowest BCUT2D eigenvalue weighted by molar-refractivity contribution is 0.415. The highest BCUT2D eigenvalue weighted by atomic mass is 14.2. The monoisotopic (exact) mass is 134 g/mol. The molecule has 2 aliphatic carbocycles. The van der Waals surface area contributed by atoms with E-state index in [2.05, 4.69) is 24.3 Å². The molecular weight excluding hydrogens is 120 g/mol. The highest BCUT2D eigenvalue weighted by molar-refractivity contribution is 5.03. The minimum absolute atomic E-state index is 0.873. The van der Waals surface area contributed by atoms with Gasteiger partial charge in [0.05, 0.1) is 0 Å². The van der Waals surface area contributed by atoms with Crippen LogP contribution in [0.15, 0.2) is 24.3 Å². The minimum Gasteiger partial charge on any atom is -0.0882 e. The zero-order valence-electron chi connectivity index (χ0n) is 6.29. The highest BCUT2D eigenvalue weighted by Crippen LogP contribution is 2.30. The van der Waals surface area contributed by atoms with Crippen molar-refractivity contribution in [1.29, 1.82) is 0 Å². The lowest BCUT2D eigenvalue weighted by Gasteiger charge is -2.20. The Labute approximate surface area is 62.6 Å². The Hall–Kier alpha value is -0.520. The van der Waals surface area contributed by atoms with Gasteiger partial charge in [-0.25, -0.2) is 0 Å². The summed E-state index contributed by atoms with van der Waals surface area (Å²) in [5, 5.41) is 0. The molecule has 0 radical (unpaired) electrons. The molecule has 2 atom stereocenters. The van der Waals surface area contributed by atoms with E-state index in [0.717, 1.165) is 11.8 Å². The van der Waals surface area contributed by atoms with Crippen molar-refractivity contribution in [2.75, 3.05) is 0 Å². The Balaban J connectivity index is 2.14. The van der Waals surface area contributed by atoms with E-state index in [9.17, 15) is 0 Å². The second-order valence-corrected chi connectivity index (χ2v) is 3.47. The van der Waals surface area contributed by atoms with Gasteiger partial charge >= 0.3 is 0 Å². The maximum absolute atomic E-state index is 2.40. The zero-order valence-corrected chi connectivity index (χ0v) is 6.29. The van der Waals surface area contributed by atoms with E-state index in [1.807, 2.05) is 0 Å². The minimum atomic E-state index is 0.873. The van der Waals surface area contributed by atoms with Crippen LogP contribution in [0.3, 0.4) is 0 Å². The first-order valence-corrected chi connectivity index (χ1v) is 4.27. The molecule has 10 heavy (non-hydrogen) atoms. The fraction of sp³-hybridized carbons (Fsp3) is 0.600. The van der Waals surface area contributed by atoms with E-state index < -0.39 is 0 Å². The first-order valence-electron chi connectivity index (χ1n) is 4.27. The fourth-order valence-electron chi connectivity index (χ4n) is 1.99. The largest absolute Gasteiger partial charge is 0.0882 e. The van der Waals surface area contributed by atoms with Gasteiger partial charge in [-0.2, -0.15) is 0 Å². The van der Waals surface area contributed by atoms with E-state index in [-0.39, 0.29) is 0 Å². The molecule has 0 aromatic carbocycles. The number of allylic oxidation sites excluding steroid dienone is 4. The van der Waals surface area contributed by atoms with E-state index in [1.54, 1.807) is 0 Å². The van der Waals surface area contributed by atoms with Crippen molar-refractivity contribution in [3.05, 3.63) is 24.3 Å². The molecular formula is C10H14. The van der Waals surface area contributed by atoms with Gasteiger partial charge in [-0.3, -0.25) is 0 Å². The van der Waals surface area contributed by atoms with Gasteiger partial charge in [0.2, 0.25) is 0 Å². The zero-order chi connectivity index (χ0) is 6.81. The van der Waals surface area contributed by atoms with Crippen molar-refractivity contribution in [2.24, 2.45) is 11.8 Å². The van der Waals surface area contributed by atoms with Gasteiger partial charge in [0, 0.05) is 0 Å². The summed E-state index contributed by atoms with van der Waals surface area (Å²) in [5.74, 6) is 1.84. The molecule has 0 saturated heterocycles. The first-order chi connectivity index (χ1) is 4.95. The third kappa shape index (κ3) is 1.16. The molecule has 0 N–H and O–H groups in total. The molecule has 2 rings (SSSR count). The first kappa shape index (κ1) is 6.21. The molecule has 2 aliphatic rings. The Morgan fingerprint density at radius 2 is 1.70 bits per heavy atom. The van der Waals surface area contributed by atoms with E-state index in [0.29, 0.717) is 0 Å². The second kappa shape index (κ2) is 2.61. The summed E-state index contributed by atoms with van der Waals surface area (Å²) in [6, 6.07) is 0. The molecule has 0 saturated carbocycles. The Bertz CT molecular complexity index is 165. The van der Waals surface area contributed by atoms with Crippen LogP contribution in [0.25, 0.3) is 0 Å². The van der Waals surface area contributed by atoms with Gasteiger partial charge < -0.3 is 0 Å². The Morgan fingerprint density at radius 3 is 2.70 bits per heavy atom. The molecule has 0 aromatic rings. The molecule has 2 bridgehead atoms. The Kier molecular flexibility index (Phi) is 1.62. The van der Waals surface area contributed by atoms with Crippen LogP contribution in [-0.4, -0.2) is 0 Å². The van der Waals surface area contributed by atoms with Crippen molar-refractivity contribution in [1.82, 2.24) is 0 Å². The van der Waals surface area contributed by atoms with Crippen molar-refractivity contribution < 1.29 is 0 Å². The average Bonchev–Trinajstić information content (AvgIpc) is 2.12. The van der Waals surface area contributed by atoms with Gasteiger partial charge in [0.1, 0.15) is 0 Å². The Morgan fingerprint density at radius 1 is 0.900 bits per heavy atom.